The number of aryl methyl sites for hydroxylation is 2. The van der Waals surface area contributed by atoms with E-state index in [1.807, 2.05) is 26.0 Å². The van der Waals surface area contributed by atoms with E-state index in [1.165, 1.54) is 0 Å². The Labute approximate surface area is 141 Å². The molecule has 0 saturated carbocycles. The molecule has 6 heteroatoms. The molecule has 3 heterocycles. The third-order valence-electron chi connectivity index (χ3n) is 4.73. The van der Waals surface area contributed by atoms with E-state index < -0.39 is 0 Å². The number of H-pyrrole nitrogens is 1. The molecule has 3 rings (SSSR count). The van der Waals surface area contributed by atoms with Gasteiger partial charge >= 0.3 is 0 Å². The lowest BCUT2D eigenvalue weighted by Crippen LogP contribution is -2.50. The van der Waals surface area contributed by atoms with Crippen molar-refractivity contribution in [2.45, 2.75) is 20.4 Å². The zero-order chi connectivity index (χ0) is 17.1. The molecule has 0 atom stereocenters. The van der Waals surface area contributed by atoms with Gasteiger partial charge in [-0.25, -0.2) is 0 Å². The van der Waals surface area contributed by atoms with Gasteiger partial charge < -0.3 is 14.5 Å². The standard InChI is InChI=1S/C18H24N4O2/c1-14-13-16(17(23)19-15(14)2)18(24)22-11-9-21(10-12-22)8-7-20-5-3-4-6-20/h3-6,13H,7-12H2,1-2H3,(H,19,23). The predicted molar refractivity (Wildman–Crippen MR) is 93.3 cm³/mol. The molecule has 1 N–H and O–H groups in total. The average Bonchev–Trinajstić information content (AvgIpc) is 3.10. The lowest BCUT2D eigenvalue weighted by Gasteiger charge is -2.34. The Hall–Kier alpha value is -2.34. The smallest absolute Gasteiger partial charge is 0.261 e. The van der Waals surface area contributed by atoms with Crippen molar-refractivity contribution >= 4 is 5.91 Å². The van der Waals surface area contributed by atoms with Crippen molar-refractivity contribution in [3.05, 3.63) is 57.8 Å². The van der Waals surface area contributed by atoms with E-state index in [-0.39, 0.29) is 17.0 Å². The molecule has 2 aromatic rings. The number of rotatable bonds is 4. The number of aromatic nitrogens is 2. The summed E-state index contributed by atoms with van der Waals surface area (Å²) in [6.45, 7) is 8.69. The summed E-state index contributed by atoms with van der Waals surface area (Å²) in [5.41, 5.74) is 1.70. The predicted octanol–water partition coefficient (Wildman–Crippen LogP) is 1.25. The van der Waals surface area contributed by atoms with Gasteiger partial charge in [-0.15, -0.1) is 0 Å². The van der Waals surface area contributed by atoms with Gasteiger partial charge in [0.15, 0.2) is 0 Å². The Morgan fingerprint density at radius 1 is 1.08 bits per heavy atom. The first-order chi connectivity index (χ1) is 11.5. The maximum absolute atomic E-state index is 12.6. The highest BCUT2D eigenvalue weighted by Gasteiger charge is 2.24. The highest BCUT2D eigenvalue weighted by atomic mass is 16.2. The Morgan fingerprint density at radius 3 is 2.42 bits per heavy atom. The van der Waals surface area contributed by atoms with Crippen LogP contribution >= 0.6 is 0 Å². The number of aromatic amines is 1. The molecule has 0 spiro atoms. The number of carbonyl (C=O) groups excluding carboxylic acids is 1. The Balaban J connectivity index is 1.57. The van der Waals surface area contributed by atoms with Gasteiger partial charge in [-0.2, -0.15) is 0 Å². The third-order valence-corrected chi connectivity index (χ3v) is 4.73. The van der Waals surface area contributed by atoms with E-state index in [1.54, 1.807) is 11.0 Å². The maximum Gasteiger partial charge on any atom is 0.261 e. The third kappa shape index (κ3) is 3.59. The van der Waals surface area contributed by atoms with E-state index in [0.717, 1.165) is 37.4 Å². The second-order valence-corrected chi connectivity index (χ2v) is 6.37. The molecule has 6 nitrogen and oxygen atoms in total. The van der Waals surface area contributed by atoms with Crippen LogP contribution in [0.5, 0.6) is 0 Å². The minimum Gasteiger partial charge on any atom is -0.353 e. The number of pyridine rings is 1. The molecule has 1 fully saturated rings. The SMILES string of the molecule is Cc1cc(C(=O)N2CCN(CCn3cccc3)CC2)c(=O)[nH]c1C. The fraction of sp³-hybridized carbons (Fsp3) is 0.444. The van der Waals surface area contributed by atoms with Crippen LogP contribution in [0.3, 0.4) is 0 Å². The van der Waals surface area contributed by atoms with Crippen LogP contribution in [0.4, 0.5) is 0 Å². The Morgan fingerprint density at radius 2 is 1.75 bits per heavy atom. The van der Waals surface area contributed by atoms with Gasteiger partial charge in [0.25, 0.3) is 11.5 Å². The molecule has 0 aliphatic carbocycles. The molecular formula is C18H24N4O2. The summed E-state index contributed by atoms with van der Waals surface area (Å²) in [7, 11) is 0. The van der Waals surface area contributed by atoms with Gasteiger partial charge in [-0.1, -0.05) is 0 Å². The van der Waals surface area contributed by atoms with E-state index in [0.29, 0.717) is 13.1 Å². The Bertz CT molecular complexity index is 756. The number of nitrogens with one attached hydrogen (secondary N) is 1. The largest absolute Gasteiger partial charge is 0.353 e. The zero-order valence-corrected chi connectivity index (χ0v) is 14.3. The summed E-state index contributed by atoms with van der Waals surface area (Å²) in [6, 6.07) is 5.75. The van der Waals surface area contributed by atoms with E-state index in [2.05, 4.69) is 26.8 Å². The monoisotopic (exact) mass is 328 g/mol. The van der Waals surface area contributed by atoms with Gasteiger partial charge in [0.2, 0.25) is 0 Å². The first-order valence-electron chi connectivity index (χ1n) is 8.37. The summed E-state index contributed by atoms with van der Waals surface area (Å²) in [4.78, 5) is 31.6. The lowest BCUT2D eigenvalue weighted by molar-refractivity contribution is 0.0631. The van der Waals surface area contributed by atoms with Crippen LogP contribution in [0.2, 0.25) is 0 Å². The summed E-state index contributed by atoms with van der Waals surface area (Å²) in [5.74, 6) is -0.163. The molecule has 1 amide bonds. The van der Waals surface area contributed by atoms with Crippen LogP contribution in [0.1, 0.15) is 21.6 Å². The van der Waals surface area contributed by atoms with Crippen molar-refractivity contribution in [1.82, 2.24) is 19.4 Å². The van der Waals surface area contributed by atoms with Gasteiger partial charge in [-0.3, -0.25) is 14.5 Å². The van der Waals surface area contributed by atoms with Crippen LogP contribution in [-0.2, 0) is 6.54 Å². The quantitative estimate of drug-likeness (QED) is 0.919. The first-order valence-corrected chi connectivity index (χ1v) is 8.37. The number of amides is 1. The number of carbonyl (C=O) groups is 1. The van der Waals surface area contributed by atoms with Crippen molar-refractivity contribution in [2.24, 2.45) is 0 Å². The van der Waals surface area contributed by atoms with Crippen molar-refractivity contribution in [3.63, 3.8) is 0 Å². The van der Waals surface area contributed by atoms with Crippen molar-refractivity contribution in [1.29, 1.82) is 0 Å². The van der Waals surface area contributed by atoms with Crippen LogP contribution in [0, 0.1) is 13.8 Å². The van der Waals surface area contributed by atoms with Crippen LogP contribution in [0.15, 0.2) is 35.4 Å². The highest BCUT2D eigenvalue weighted by molar-refractivity contribution is 5.94. The molecule has 1 aliphatic heterocycles. The fourth-order valence-corrected chi connectivity index (χ4v) is 3.01. The van der Waals surface area contributed by atoms with Gasteiger partial charge in [0.1, 0.15) is 5.56 Å². The molecule has 2 aromatic heterocycles. The molecule has 128 valence electrons. The normalized spacial score (nSPS) is 15.7. The molecule has 1 saturated heterocycles. The Kier molecular flexibility index (Phi) is 4.85. The molecule has 0 unspecified atom stereocenters. The minimum atomic E-state index is -0.293. The minimum absolute atomic E-state index is 0.163. The average molecular weight is 328 g/mol. The summed E-state index contributed by atoms with van der Waals surface area (Å²) in [6.07, 6.45) is 4.12. The summed E-state index contributed by atoms with van der Waals surface area (Å²) < 4.78 is 2.16. The van der Waals surface area contributed by atoms with Crippen molar-refractivity contribution in [3.8, 4) is 0 Å². The van der Waals surface area contributed by atoms with E-state index >= 15 is 0 Å². The van der Waals surface area contributed by atoms with Crippen molar-refractivity contribution in [2.75, 3.05) is 32.7 Å². The van der Waals surface area contributed by atoms with Crippen LogP contribution < -0.4 is 5.56 Å². The summed E-state index contributed by atoms with van der Waals surface area (Å²) >= 11 is 0. The summed E-state index contributed by atoms with van der Waals surface area (Å²) in [5, 5.41) is 0. The highest BCUT2D eigenvalue weighted by Crippen LogP contribution is 2.09. The molecule has 24 heavy (non-hydrogen) atoms. The van der Waals surface area contributed by atoms with Gasteiger partial charge in [0.05, 0.1) is 0 Å². The van der Waals surface area contributed by atoms with Crippen LogP contribution in [0.25, 0.3) is 0 Å². The number of piperazine rings is 1. The molecular weight excluding hydrogens is 304 g/mol. The number of hydrogen-bond donors (Lipinski definition) is 1. The second kappa shape index (κ2) is 7.05. The molecule has 0 radical (unpaired) electrons. The second-order valence-electron chi connectivity index (χ2n) is 6.37. The topological polar surface area (TPSA) is 61.3 Å². The van der Waals surface area contributed by atoms with Crippen LogP contribution in [-0.4, -0.2) is 58.0 Å². The fourth-order valence-electron chi connectivity index (χ4n) is 3.01. The first kappa shape index (κ1) is 16.5. The molecule has 0 aromatic carbocycles. The molecule has 1 aliphatic rings. The van der Waals surface area contributed by atoms with Crippen molar-refractivity contribution < 1.29 is 4.79 Å². The van der Waals surface area contributed by atoms with E-state index in [4.69, 9.17) is 0 Å². The van der Waals surface area contributed by atoms with Gasteiger partial charge in [-0.05, 0) is 37.6 Å². The number of hydrogen-bond acceptors (Lipinski definition) is 3. The zero-order valence-electron chi connectivity index (χ0n) is 14.3. The van der Waals surface area contributed by atoms with E-state index in [9.17, 15) is 9.59 Å². The number of nitrogens with zero attached hydrogens (tertiary/aromatic N) is 3. The maximum atomic E-state index is 12.6. The van der Waals surface area contributed by atoms with Gasteiger partial charge in [0, 0.05) is 57.4 Å². The lowest BCUT2D eigenvalue weighted by atomic mass is 10.1. The molecule has 0 bridgehead atoms.